The number of hydrogen-bond acceptors (Lipinski definition) is 5. The second kappa shape index (κ2) is 14.0. The minimum atomic E-state index is -1.57. The van der Waals surface area contributed by atoms with E-state index in [0.717, 1.165) is 16.7 Å². The van der Waals surface area contributed by atoms with Crippen molar-refractivity contribution in [2.24, 2.45) is 5.92 Å². The minimum absolute atomic E-state index is 0.0802. The Morgan fingerprint density at radius 1 is 1.04 bits per heavy atom. The first kappa shape index (κ1) is 33.9. The number of carboxylic acids is 1. The summed E-state index contributed by atoms with van der Waals surface area (Å²) in [5.74, 6) is -4.12. The maximum Gasteiger partial charge on any atom is 0.348 e. The summed E-state index contributed by atoms with van der Waals surface area (Å²) in [6.07, 6.45) is 1.95. The predicted molar refractivity (Wildman–Crippen MR) is 166 cm³/mol. The number of nitrogens with one attached hydrogen (secondary N) is 1. The molecule has 2 aromatic carbocycles. The third-order valence-corrected chi connectivity index (χ3v) is 8.24. The van der Waals surface area contributed by atoms with Gasteiger partial charge < -0.3 is 10.4 Å². The number of halogens is 3. The highest BCUT2D eigenvalue weighted by atomic mass is 19.1. The number of benzene rings is 2. The lowest BCUT2D eigenvalue weighted by atomic mass is 9.88. The van der Waals surface area contributed by atoms with Gasteiger partial charge in [-0.1, -0.05) is 31.5 Å². The van der Waals surface area contributed by atoms with Gasteiger partial charge in [0, 0.05) is 43.2 Å². The highest BCUT2D eigenvalue weighted by Crippen LogP contribution is 2.37. The normalized spacial score (nSPS) is 15.2. The standard InChI is InChI=1S/C34H41F3N4O4/c1-18(2)9-27(41-15-23(14-38-34(41)45)7-8-40-16-24(35)17-40)33(44)39-26(13-28(42)43)30-31(36)22(6)12-25(32(30)37)29-20(4)10-19(3)11-21(29)5/h10-12,14-15,18,24,26-27H,7-9,13,16-17H2,1-6H3,(H,39,44)(H,42,43)/t26-,27-/m0/s1. The molecule has 1 aliphatic rings. The number of carbonyl (C=O) groups excluding carboxylic acids is 1. The van der Waals surface area contributed by atoms with Crippen LogP contribution < -0.4 is 11.0 Å². The van der Waals surface area contributed by atoms with E-state index >= 15 is 8.78 Å². The minimum Gasteiger partial charge on any atom is -0.481 e. The third-order valence-electron chi connectivity index (χ3n) is 8.24. The van der Waals surface area contributed by atoms with Gasteiger partial charge in [-0.3, -0.25) is 19.1 Å². The number of amides is 1. The molecule has 242 valence electrons. The fraction of sp³-hybridized carbons (Fsp3) is 0.471. The number of rotatable bonds is 12. The van der Waals surface area contributed by atoms with Crippen LogP contribution in [0.2, 0.25) is 0 Å². The Hall–Kier alpha value is -3.99. The number of likely N-dealkylation sites (tertiary alicyclic amines) is 1. The average molecular weight is 627 g/mol. The van der Waals surface area contributed by atoms with Crippen LogP contribution in [0.25, 0.3) is 11.1 Å². The van der Waals surface area contributed by atoms with E-state index in [1.165, 1.54) is 30.0 Å². The third kappa shape index (κ3) is 7.81. The summed E-state index contributed by atoms with van der Waals surface area (Å²) in [5.41, 5.74) is 2.69. The molecule has 0 spiro atoms. The van der Waals surface area contributed by atoms with Crippen LogP contribution in [0.15, 0.2) is 35.4 Å². The molecular weight excluding hydrogens is 585 g/mol. The molecule has 1 fully saturated rings. The fourth-order valence-electron chi connectivity index (χ4n) is 6.15. The summed E-state index contributed by atoms with van der Waals surface area (Å²) in [5, 5.41) is 12.3. The molecule has 11 heteroatoms. The molecule has 0 radical (unpaired) electrons. The van der Waals surface area contributed by atoms with Crippen LogP contribution in [0.5, 0.6) is 0 Å². The highest BCUT2D eigenvalue weighted by Gasteiger charge is 2.32. The van der Waals surface area contributed by atoms with Crippen molar-refractivity contribution in [2.45, 2.75) is 79.1 Å². The first-order valence-electron chi connectivity index (χ1n) is 15.2. The molecule has 1 saturated heterocycles. The number of carbonyl (C=O) groups is 2. The van der Waals surface area contributed by atoms with Crippen molar-refractivity contribution in [1.82, 2.24) is 19.8 Å². The summed E-state index contributed by atoms with van der Waals surface area (Å²) < 4.78 is 46.6. The molecule has 8 nitrogen and oxygen atoms in total. The van der Waals surface area contributed by atoms with Crippen LogP contribution in [0, 0.1) is 45.2 Å². The van der Waals surface area contributed by atoms with Crippen molar-refractivity contribution in [3.63, 3.8) is 0 Å². The fourth-order valence-corrected chi connectivity index (χ4v) is 6.15. The Bertz CT molecular complexity index is 1630. The average Bonchev–Trinajstić information content (AvgIpc) is 2.91. The van der Waals surface area contributed by atoms with Gasteiger partial charge in [0.15, 0.2) is 0 Å². The zero-order valence-electron chi connectivity index (χ0n) is 26.6. The first-order chi connectivity index (χ1) is 21.2. The zero-order valence-corrected chi connectivity index (χ0v) is 26.6. The quantitative estimate of drug-likeness (QED) is 0.274. The molecule has 1 aromatic heterocycles. The van der Waals surface area contributed by atoms with Crippen molar-refractivity contribution >= 4 is 11.9 Å². The molecule has 0 saturated carbocycles. The summed E-state index contributed by atoms with van der Waals surface area (Å²) >= 11 is 0. The SMILES string of the molecule is Cc1cc(C)c(-c2cc(C)c(F)c([C@H](CC(=O)O)NC(=O)[C@H](CC(C)C)n3cc(CCN4CC(F)C4)cnc3=O)c2F)c(C)c1. The van der Waals surface area contributed by atoms with Crippen LogP contribution in [0.3, 0.4) is 0 Å². The van der Waals surface area contributed by atoms with Gasteiger partial charge in [0.25, 0.3) is 0 Å². The van der Waals surface area contributed by atoms with Crippen LogP contribution >= 0.6 is 0 Å². The van der Waals surface area contributed by atoms with E-state index in [0.29, 0.717) is 37.2 Å². The Morgan fingerprint density at radius 3 is 2.27 bits per heavy atom. The van der Waals surface area contributed by atoms with Crippen LogP contribution in [0.4, 0.5) is 13.2 Å². The monoisotopic (exact) mass is 626 g/mol. The molecule has 1 aliphatic heterocycles. The number of alkyl halides is 1. The van der Waals surface area contributed by atoms with Crippen molar-refractivity contribution in [3.8, 4) is 11.1 Å². The molecule has 3 aromatic rings. The van der Waals surface area contributed by atoms with Gasteiger partial charge in [0.05, 0.1) is 12.5 Å². The maximum absolute atomic E-state index is 16.4. The molecular formula is C34H41F3N4O4. The lowest BCUT2D eigenvalue weighted by Gasteiger charge is -2.34. The Labute approximate surface area is 261 Å². The molecule has 2 N–H and O–H groups in total. The molecule has 0 unspecified atom stereocenters. The molecule has 45 heavy (non-hydrogen) atoms. The Morgan fingerprint density at radius 2 is 1.69 bits per heavy atom. The summed E-state index contributed by atoms with van der Waals surface area (Å²) in [7, 11) is 0. The van der Waals surface area contributed by atoms with E-state index in [1.54, 1.807) is 0 Å². The van der Waals surface area contributed by atoms with Gasteiger partial charge in [0.1, 0.15) is 23.8 Å². The number of aromatic nitrogens is 2. The van der Waals surface area contributed by atoms with Gasteiger partial charge >= 0.3 is 11.7 Å². The Kier molecular flexibility index (Phi) is 10.5. The van der Waals surface area contributed by atoms with Gasteiger partial charge in [0.2, 0.25) is 5.91 Å². The van der Waals surface area contributed by atoms with Gasteiger partial charge in [-0.05, 0) is 80.3 Å². The molecule has 2 heterocycles. The van der Waals surface area contributed by atoms with Crippen LogP contribution in [-0.4, -0.2) is 57.2 Å². The number of hydrogen-bond donors (Lipinski definition) is 2. The second-order valence-corrected chi connectivity index (χ2v) is 12.6. The Balaban J connectivity index is 1.73. The van der Waals surface area contributed by atoms with Gasteiger partial charge in [-0.15, -0.1) is 0 Å². The number of aliphatic carboxylic acids is 1. The smallest absolute Gasteiger partial charge is 0.348 e. The van der Waals surface area contributed by atoms with Gasteiger partial charge in [-0.25, -0.2) is 22.9 Å². The second-order valence-electron chi connectivity index (χ2n) is 12.6. The van der Waals surface area contributed by atoms with Crippen molar-refractivity contribution in [3.05, 3.63) is 86.1 Å². The lowest BCUT2D eigenvalue weighted by molar-refractivity contribution is -0.138. The summed E-state index contributed by atoms with van der Waals surface area (Å²) in [4.78, 5) is 44.6. The maximum atomic E-state index is 16.4. The number of nitrogens with zero attached hydrogens (tertiary/aromatic N) is 3. The highest BCUT2D eigenvalue weighted by molar-refractivity contribution is 5.82. The molecule has 4 rings (SSSR count). The van der Waals surface area contributed by atoms with E-state index in [4.69, 9.17) is 0 Å². The van der Waals surface area contributed by atoms with E-state index < -0.39 is 59.4 Å². The van der Waals surface area contributed by atoms with Crippen molar-refractivity contribution in [2.75, 3.05) is 19.6 Å². The van der Waals surface area contributed by atoms with E-state index in [9.17, 15) is 23.9 Å². The van der Waals surface area contributed by atoms with Gasteiger partial charge in [-0.2, -0.15) is 0 Å². The predicted octanol–water partition coefficient (Wildman–Crippen LogP) is 5.54. The van der Waals surface area contributed by atoms with Crippen LogP contribution in [0.1, 0.15) is 72.2 Å². The summed E-state index contributed by atoms with van der Waals surface area (Å²) in [6, 6.07) is 2.46. The lowest BCUT2D eigenvalue weighted by Crippen LogP contribution is -2.49. The molecule has 1 amide bonds. The summed E-state index contributed by atoms with van der Waals surface area (Å²) in [6.45, 7) is 12.0. The zero-order chi connectivity index (χ0) is 33.2. The van der Waals surface area contributed by atoms with E-state index in [-0.39, 0.29) is 23.5 Å². The number of aryl methyl sites for hydroxylation is 4. The molecule has 2 atom stereocenters. The number of carboxylic acid groups (broad SMARTS) is 1. The van der Waals surface area contributed by atoms with Crippen molar-refractivity contribution < 1.29 is 27.9 Å². The topological polar surface area (TPSA) is 105 Å². The molecule has 0 bridgehead atoms. The van der Waals surface area contributed by atoms with Crippen LogP contribution in [-0.2, 0) is 16.0 Å². The largest absolute Gasteiger partial charge is 0.481 e. The van der Waals surface area contributed by atoms with Crippen molar-refractivity contribution in [1.29, 1.82) is 0 Å². The first-order valence-corrected chi connectivity index (χ1v) is 15.2. The van der Waals surface area contributed by atoms with E-state index in [1.807, 2.05) is 51.7 Å². The van der Waals surface area contributed by atoms with E-state index in [2.05, 4.69) is 10.3 Å². The molecule has 0 aliphatic carbocycles.